The van der Waals surface area contributed by atoms with Crippen LogP contribution in [0.4, 0.5) is 4.79 Å². The van der Waals surface area contributed by atoms with Gasteiger partial charge >= 0.3 is 12.0 Å². The molecule has 0 unspecified atom stereocenters. The Bertz CT molecular complexity index is 366. The number of aliphatic carboxylic acids is 1. The van der Waals surface area contributed by atoms with Crippen LogP contribution in [0, 0.1) is 5.92 Å². The lowest BCUT2D eigenvalue weighted by atomic mass is 9.96. The molecule has 0 aromatic carbocycles. The van der Waals surface area contributed by atoms with Gasteiger partial charge in [0.05, 0.1) is 0 Å². The predicted molar refractivity (Wildman–Crippen MR) is 70.0 cm³/mol. The maximum absolute atomic E-state index is 11.9. The first kappa shape index (κ1) is 16.2. The van der Waals surface area contributed by atoms with E-state index in [1.165, 1.54) is 4.90 Å². The average Bonchev–Trinajstić information content (AvgIpc) is 2.45. The van der Waals surface area contributed by atoms with E-state index in [0.717, 1.165) is 0 Å². The monoisotopic (exact) mass is 287 g/mol. The van der Waals surface area contributed by atoms with Gasteiger partial charge in [0.1, 0.15) is 6.04 Å². The standard InChI is InChI=1S/C12H21N3O5/c1-13-10(17)8-2-5-15(6-3-8)12(20)14-9(4-7-16)11(18)19/h8-9,16H,2-7H2,1H3,(H,13,17)(H,14,20)(H,18,19)/t9-/m0/s1. The van der Waals surface area contributed by atoms with Crippen LogP contribution in [-0.2, 0) is 9.59 Å². The van der Waals surface area contributed by atoms with E-state index in [1.807, 2.05) is 0 Å². The third-order valence-electron chi connectivity index (χ3n) is 3.41. The van der Waals surface area contributed by atoms with Crippen molar-refractivity contribution in [2.75, 3.05) is 26.7 Å². The molecule has 0 aromatic heterocycles. The summed E-state index contributed by atoms with van der Waals surface area (Å²) in [6, 6.07) is -1.56. The average molecular weight is 287 g/mol. The van der Waals surface area contributed by atoms with Crippen LogP contribution in [0.3, 0.4) is 0 Å². The Hall–Kier alpha value is -1.83. The smallest absolute Gasteiger partial charge is 0.326 e. The van der Waals surface area contributed by atoms with Crippen LogP contribution in [0.25, 0.3) is 0 Å². The molecule has 3 amide bonds. The fraction of sp³-hybridized carbons (Fsp3) is 0.750. The number of nitrogens with one attached hydrogen (secondary N) is 2. The van der Waals surface area contributed by atoms with E-state index in [9.17, 15) is 14.4 Å². The number of carbonyl (C=O) groups is 3. The van der Waals surface area contributed by atoms with Gasteiger partial charge in [0.2, 0.25) is 5.91 Å². The first-order chi connectivity index (χ1) is 9.49. The molecule has 8 nitrogen and oxygen atoms in total. The quantitative estimate of drug-likeness (QED) is 0.516. The minimum absolute atomic E-state index is 0.0320. The number of carbonyl (C=O) groups excluding carboxylic acids is 2. The molecule has 1 heterocycles. The number of rotatable bonds is 5. The summed E-state index contributed by atoms with van der Waals surface area (Å²) in [4.78, 5) is 35.7. The van der Waals surface area contributed by atoms with Crippen molar-refractivity contribution in [1.29, 1.82) is 0 Å². The lowest BCUT2D eigenvalue weighted by Gasteiger charge is -2.31. The lowest BCUT2D eigenvalue weighted by Crippen LogP contribution is -2.51. The maximum atomic E-state index is 11.9. The Labute approximate surface area is 117 Å². The van der Waals surface area contributed by atoms with E-state index < -0.39 is 18.0 Å². The van der Waals surface area contributed by atoms with Gasteiger partial charge in [0.25, 0.3) is 0 Å². The van der Waals surface area contributed by atoms with Crippen LogP contribution in [0.15, 0.2) is 0 Å². The number of amides is 3. The van der Waals surface area contributed by atoms with Gasteiger partial charge in [-0.05, 0) is 12.8 Å². The minimum Gasteiger partial charge on any atom is -0.480 e. The fourth-order valence-corrected chi connectivity index (χ4v) is 2.18. The van der Waals surface area contributed by atoms with Crippen molar-refractivity contribution in [2.45, 2.75) is 25.3 Å². The van der Waals surface area contributed by atoms with Crippen LogP contribution in [-0.4, -0.2) is 65.8 Å². The molecule has 114 valence electrons. The van der Waals surface area contributed by atoms with E-state index in [0.29, 0.717) is 25.9 Å². The molecular weight excluding hydrogens is 266 g/mol. The fourth-order valence-electron chi connectivity index (χ4n) is 2.18. The van der Waals surface area contributed by atoms with Gasteiger partial charge in [-0.15, -0.1) is 0 Å². The van der Waals surface area contributed by atoms with Gasteiger partial charge in [-0.25, -0.2) is 9.59 Å². The van der Waals surface area contributed by atoms with Crippen LogP contribution < -0.4 is 10.6 Å². The summed E-state index contributed by atoms with van der Waals surface area (Å²) < 4.78 is 0. The third-order valence-corrected chi connectivity index (χ3v) is 3.41. The number of aliphatic hydroxyl groups is 1. The number of carboxylic acid groups (broad SMARTS) is 1. The zero-order chi connectivity index (χ0) is 15.1. The first-order valence-electron chi connectivity index (χ1n) is 6.60. The van der Waals surface area contributed by atoms with Gasteiger partial charge in [-0.1, -0.05) is 0 Å². The Kier molecular flexibility index (Phi) is 6.23. The molecule has 0 spiro atoms. The van der Waals surface area contributed by atoms with Crippen molar-refractivity contribution in [3.05, 3.63) is 0 Å². The largest absolute Gasteiger partial charge is 0.480 e. The molecule has 1 aliphatic rings. The van der Waals surface area contributed by atoms with E-state index in [1.54, 1.807) is 7.05 Å². The molecule has 1 aliphatic heterocycles. The zero-order valence-electron chi connectivity index (χ0n) is 11.5. The van der Waals surface area contributed by atoms with Crippen LogP contribution in [0.5, 0.6) is 0 Å². The second-order valence-corrected chi connectivity index (χ2v) is 4.73. The molecule has 0 radical (unpaired) electrons. The van der Waals surface area contributed by atoms with Gasteiger partial charge in [0, 0.05) is 39.1 Å². The summed E-state index contributed by atoms with van der Waals surface area (Å²) >= 11 is 0. The van der Waals surface area contributed by atoms with Crippen LogP contribution >= 0.6 is 0 Å². The highest BCUT2D eigenvalue weighted by atomic mass is 16.4. The van der Waals surface area contributed by atoms with E-state index in [-0.39, 0.29) is 24.9 Å². The number of aliphatic hydroxyl groups excluding tert-OH is 1. The normalized spacial score (nSPS) is 17.4. The molecular formula is C12H21N3O5. The number of likely N-dealkylation sites (tertiary alicyclic amines) is 1. The Balaban J connectivity index is 2.46. The molecule has 0 aromatic rings. The van der Waals surface area contributed by atoms with Crippen molar-refractivity contribution >= 4 is 17.9 Å². The van der Waals surface area contributed by atoms with Crippen LogP contribution in [0.1, 0.15) is 19.3 Å². The molecule has 1 rings (SSSR count). The lowest BCUT2D eigenvalue weighted by molar-refractivity contribution is -0.139. The highest BCUT2D eigenvalue weighted by Crippen LogP contribution is 2.17. The summed E-state index contributed by atoms with van der Waals surface area (Å²) in [5.41, 5.74) is 0. The molecule has 0 aliphatic carbocycles. The van der Waals surface area contributed by atoms with Crippen molar-refractivity contribution in [3.8, 4) is 0 Å². The summed E-state index contributed by atoms with van der Waals surface area (Å²) in [7, 11) is 1.58. The molecule has 0 bridgehead atoms. The predicted octanol–water partition coefficient (Wildman–Crippen LogP) is -1.01. The first-order valence-corrected chi connectivity index (χ1v) is 6.60. The van der Waals surface area contributed by atoms with Crippen LogP contribution in [0.2, 0.25) is 0 Å². The van der Waals surface area contributed by atoms with E-state index in [4.69, 9.17) is 10.2 Å². The summed E-state index contributed by atoms with van der Waals surface area (Å²) in [5, 5.41) is 22.6. The number of hydrogen-bond donors (Lipinski definition) is 4. The molecule has 0 saturated carbocycles. The summed E-state index contributed by atoms with van der Waals surface area (Å²) in [6.07, 6.45) is 1.09. The Morgan fingerprint density at radius 1 is 1.30 bits per heavy atom. The number of hydrogen-bond acceptors (Lipinski definition) is 4. The molecule has 4 N–H and O–H groups in total. The number of carboxylic acids is 1. The molecule has 1 fully saturated rings. The van der Waals surface area contributed by atoms with E-state index in [2.05, 4.69) is 10.6 Å². The van der Waals surface area contributed by atoms with Crippen molar-refractivity contribution in [2.24, 2.45) is 5.92 Å². The van der Waals surface area contributed by atoms with E-state index >= 15 is 0 Å². The van der Waals surface area contributed by atoms with Crippen molar-refractivity contribution in [3.63, 3.8) is 0 Å². The molecule has 1 atom stereocenters. The Morgan fingerprint density at radius 3 is 2.35 bits per heavy atom. The van der Waals surface area contributed by atoms with Gasteiger partial charge in [-0.3, -0.25) is 4.79 Å². The zero-order valence-corrected chi connectivity index (χ0v) is 11.5. The Morgan fingerprint density at radius 2 is 1.90 bits per heavy atom. The van der Waals surface area contributed by atoms with Crippen molar-refractivity contribution < 1.29 is 24.6 Å². The minimum atomic E-state index is -1.17. The van der Waals surface area contributed by atoms with Gasteiger partial charge in [-0.2, -0.15) is 0 Å². The van der Waals surface area contributed by atoms with Crippen molar-refractivity contribution in [1.82, 2.24) is 15.5 Å². The molecule has 1 saturated heterocycles. The summed E-state index contributed by atoms with van der Waals surface area (Å²) in [5.74, 6) is -1.31. The second kappa shape index (κ2) is 7.68. The topological polar surface area (TPSA) is 119 Å². The SMILES string of the molecule is CNC(=O)C1CCN(C(=O)N[C@@H](CCO)C(=O)O)CC1. The number of nitrogens with zero attached hydrogens (tertiary/aromatic N) is 1. The molecule has 20 heavy (non-hydrogen) atoms. The number of urea groups is 1. The maximum Gasteiger partial charge on any atom is 0.326 e. The van der Waals surface area contributed by atoms with Gasteiger partial charge in [0.15, 0.2) is 0 Å². The number of piperidine rings is 1. The highest BCUT2D eigenvalue weighted by molar-refractivity contribution is 5.83. The summed E-state index contributed by atoms with van der Waals surface area (Å²) in [6.45, 7) is 0.515. The van der Waals surface area contributed by atoms with Gasteiger partial charge < -0.3 is 25.7 Å². The second-order valence-electron chi connectivity index (χ2n) is 4.73. The highest BCUT2D eigenvalue weighted by Gasteiger charge is 2.28. The molecule has 8 heteroatoms. The third kappa shape index (κ3) is 4.37.